The predicted molar refractivity (Wildman–Crippen MR) is 95.6 cm³/mol. The fraction of sp³-hybridized carbons (Fsp3) is 0.118. The van der Waals surface area contributed by atoms with Crippen LogP contribution >= 0.6 is 23.1 Å². The van der Waals surface area contributed by atoms with E-state index in [1.807, 2.05) is 54.1 Å². The fourth-order valence-corrected chi connectivity index (χ4v) is 4.26. The Kier molecular flexibility index (Phi) is 3.85. The smallest absolute Gasteiger partial charge is 0.191 e. The highest BCUT2D eigenvalue weighted by Crippen LogP contribution is 2.29. The molecule has 23 heavy (non-hydrogen) atoms. The highest BCUT2D eigenvalue weighted by molar-refractivity contribution is 7.98. The van der Waals surface area contributed by atoms with Crippen molar-refractivity contribution in [1.29, 1.82) is 0 Å². The van der Waals surface area contributed by atoms with E-state index in [9.17, 15) is 0 Å². The summed E-state index contributed by atoms with van der Waals surface area (Å²) in [5, 5.41) is 10.6. The Labute approximate surface area is 142 Å². The van der Waals surface area contributed by atoms with Crippen LogP contribution in [0, 0.1) is 0 Å². The molecule has 4 aromatic rings. The molecule has 0 fully saturated rings. The van der Waals surface area contributed by atoms with Crippen LogP contribution in [-0.4, -0.2) is 19.7 Å². The lowest BCUT2D eigenvalue weighted by molar-refractivity contribution is 0.793. The molecule has 0 amide bonds. The zero-order chi connectivity index (χ0) is 15.6. The molecule has 0 spiro atoms. The summed E-state index contributed by atoms with van der Waals surface area (Å²) in [6.07, 6.45) is 0. The SMILES string of the molecule is Cn1c(SCc2nc3ccccc3s2)nnc1-c1ccccc1. The average molecular weight is 338 g/mol. The number of fused-ring (bicyclic) bond motifs is 1. The minimum absolute atomic E-state index is 0.806. The van der Waals surface area contributed by atoms with Crippen molar-refractivity contribution in [2.75, 3.05) is 0 Å². The molecule has 0 unspecified atom stereocenters. The number of aromatic nitrogens is 4. The zero-order valence-corrected chi connectivity index (χ0v) is 14.1. The molecular weight excluding hydrogens is 324 g/mol. The number of rotatable bonds is 4. The molecule has 2 aromatic heterocycles. The van der Waals surface area contributed by atoms with Crippen molar-refractivity contribution in [3.63, 3.8) is 0 Å². The van der Waals surface area contributed by atoms with Gasteiger partial charge < -0.3 is 4.57 Å². The largest absolute Gasteiger partial charge is 0.305 e. The number of hydrogen-bond donors (Lipinski definition) is 0. The van der Waals surface area contributed by atoms with Crippen LogP contribution in [-0.2, 0) is 12.8 Å². The number of thioether (sulfide) groups is 1. The standard InChI is InChI=1S/C17H14N4S2/c1-21-16(12-7-3-2-4-8-12)19-20-17(21)22-11-15-18-13-9-5-6-10-14(13)23-15/h2-10H,11H2,1H3. The van der Waals surface area contributed by atoms with Crippen LogP contribution in [0.3, 0.4) is 0 Å². The van der Waals surface area contributed by atoms with Crippen molar-refractivity contribution in [1.82, 2.24) is 19.7 Å². The second-order valence-corrected chi connectivity index (χ2v) is 7.15. The van der Waals surface area contributed by atoms with E-state index in [0.717, 1.165) is 32.8 Å². The van der Waals surface area contributed by atoms with Crippen molar-refractivity contribution < 1.29 is 0 Å². The Bertz CT molecular complexity index is 911. The maximum atomic E-state index is 4.66. The van der Waals surface area contributed by atoms with Crippen LogP contribution in [0.15, 0.2) is 59.8 Å². The van der Waals surface area contributed by atoms with Crippen LogP contribution in [0.1, 0.15) is 5.01 Å². The molecule has 6 heteroatoms. The third-order valence-corrected chi connectivity index (χ3v) is 5.78. The minimum atomic E-state index is 0.806. The third kappa shape index (κ3) is 2.87. The summed E-state index contributed by atoms with van der Waals surface area (Å²) >= 11 is 3.40. The van der Waals surface area contributed by atoms with E-state index in [2.05, 4.69) is 27.3 Å². The molecule has 4 nitrogen and oxygen atoms in total. The van der Waals surface area contributed by atoms with Crippen molar-refractivity contribution >= 4 is 33.3 Å². The van der Waals surface area contributed by atoms with Crippen molar-refractivity contribution in [3.05, 3.63) is 59.6 Å². The lowest BCUT2D eigenvalue weighted by Crippen LogP contribution is -1.94. The minimum Gasteiger partial charge on any atom is -0.305 e. The van der Waals surface area contributed by atoms with Gasteiger partial charge in [0.05, 0.1) is 16.0 Å². The van der Waals surface area contributed by atoms with E-state index < -0.39 is 0 Å². The first kappa shape index (κ1) is 14.4. The van der Waals surface area contributed by atoms with Gasteiger partial charge in [0.2, 0.25) is 0 Å². The van der Waals surface area contributed by atoms with Gasteiger partial charge in [0, 0.05) is 12.6 Å². The van der Waals surface area contributed by atoms with E-state index in [1.54, 1.807) is 23.1 Å². The molecule has 0 saturated heterocycles. The highest BCUT2D eigenvalue weighted by atomic mass is 32.2. The zero-order valence-electron chi connectivity index (χ0n) is 12.5. The summed E-state index contributed by atoms with van der Waals surface area (Å²) in [4.78, 5) is 4.66. The summed E-state index contributed by atoms with van der Waals surface area (Å²) in [6, 6.07) is 18.4. The first-order chi connectivity index (χ1) is 11.3. The van der Waals surface area contributed by atoms with Crippen LogP contribution in [0.4, 0.5) is 0 Å². The summed E-state index contributed by atoms with van der Waals surface area (Å²) in [5.74, 6) is 1.69. The Morgan fingerprint density at radius 3 is 2.61 bits per heavy atom. The third-order valence-electron chi connectivity index (χ3n) is 3.53. The van der Waals surface area contributed by atoms with Gasteiger partial charge in [-0.05, 0) is 12.1 Å². The average Bonchev–Trinajstić information content (AvgIpc) is 3.17. The second-order valence-electron chi connectivity index (χ2n) is 5.10. The van der Waals surface area contributed by atoms with Crippen LogP contribution < -0.4 is 0 Å². The van der Waals surface area contributed by atoms with Crippen LogP contribution in [0.25, 0.3) is 21.6 Å². The number of thiazole rings is 1. The van der Waals surface area contributed by atoms with Crippen molar-refractivity contribution in [3.8, 4) is 11.4 Å². The Balaban J connectivity index is 1.54. The maximum absolute atomic E-state index is 4.66. The van der Waals surface area contributed by atoms with Crippen molar-refractivity contribution in [2.45, 2.75) is 10.9 Å². The summed E-state index contributed by atoms with van der Waals surface area (Å²) in [5.41, 5.74) is 2.14. The Hall–Kier alpha value is -2.18. The van der Waals surface area contributed by atoms with Gasteiger partial charge in [-0.1, -0.05) is 54.2 Å². The molecule has 0 aliphatic carbocycles. The topological polar surface area (TPSA) is 43.6 Å². The van der Waals surface area contributed by atoms with Gasteiger partial charge in [-0.2, -0.15) is 0 Å². The Morgan fingerprint density at radius 1 is 1.00 bits per heavy atom. The van der Waals surface area contributed by atoms with Gasteiger partial charge in [0.15, 0.2) is 11.0 Å². The van der Waals surface area contributed by atoms with E-state index in [-0.39, 0.29) is 0 Å². The molecule has 0 atom stereocenters. The first-order valence-corrected chi connectivity index (χ1v) is 9.03. The number of nitrogens with zero attached hydrogens (tertiary/aromatic N) is 4. The van der Waals surface area contributed by atoms with Gasteiger partial charge in [0.25, 0.3) is 0 Å². The van der Waals surface area contributed by atoms with E-state index in [0.29, 0.717) is 0 Å². The lowest BCUT2D eigenvalue weighted by Gasteiger charge is -2.02. The molecule has 4 rings (SSSR count). The second kappa shape index (κ2) is 6.14. The predicted octanol–water partition coefficient (Wildman–Crippen LogP) is 4.38. The highest BCUT2D eigenvalue weighted by Gasteiger charge is 2.12. The molecule has 0 radical (unpaired) electrons. The van der Waals surface area contributed by atoms with Gasteiger partial charge in [-0.3, -0.25) is 0 Å². The normalized spacial score (nSPS) is 11.2. The molecule has 2 aromatic carbocycles. The number of hydrogen-bond acceptors (Lipinski definition) is 5. The summed E-state index contributed by atoms with van der Waals surface area (Å²) < 4.78 is 3.26. The Morgan fingerprint density at radius 2 is 1.78 bits per heavy atom. The van der Waals surface area contributed by atoms with E-state index >= 15 is 0 Å². The molecule has 114 valence electrons. The van der Waals surface area contributed by atoms with Crippen LogP contribution in [0.2, 0.25) is 0 Å². The molecular formula is C17H14N4S2. The summed E-state index contributed by atoms with van der Waals surface area (Å²) in [7, 11) is 2.00. The molecule has 0 N–H and O–H groups in total. The van der Waals surface area contributed by atoms with Crippen LogP contribution in [0.5, 0.6) is 0 Å². The quantitative estimate of drug-likeness (QED) is 0.518. The number of para-hydroxylation sites is 1. The molecule has 0 aliphatic rings. The molecule has 2 heterocycles. The lowest BCUT2D eigenvalue weighted by atomic mass is 10.2. The molecule has 0 saturated carbocycles. The van der Waals surface area contributed by atoms with Gasteiger partial charge in [0.1, 0.15) is 5.01 Å². The van der Waals surface area contributed by atoms with Gasteiger partial charge >= 0.3 is 0 Å². The molecule has 0 aliphatic heterocycles. The maximum Gasteiger partial charge on any atom is 0.191 e. The fourth-order valence-electron chi connectivity index (χ4n) is 2.39. The summed E-state index contributed by atoms with van der Waals surface area (Å²) in [6.45, 7) is 0. The van der Waals surface area contributed by atoms with Gasteiger partial charge in [-0.15, -0.1) is 21.5 Å². The van der Waals surface area contributed by atoms with Crippen molar-refractivity contribution in [2.24, 2.45) is 7.05 Å². The molecule has 0 bridgehead atoms. The van der Waals surface area contributed by atoms with E-state index in [1.165, 1.54) is 4.70 Å². The number of benzene rings is 2. The van der Waals surface area contributed by atoms with Gasteiger partial charge in [-0.25, -0.2) is 4.98 Å². The van der Waals surface area contributed by atoms with E-state index in [4.69, 9.17) is 0 Å². The first-order valence-electron chi connectivity index (χ1n) is 7.23. The monoisotopic (exact) mass is 338 g/mol.